The first kappa shape index (κ1) is 52.9. The third kappa shape index (κ3) is 12.1. The van der Waals surface area contributed by atoms with Gasteiger partial charge in [-0.25, -0.2) is 0 Å². The van der Waals surface area contributed by atoms with E-state index in [2.05, 4.69) is 352 Å². The number of para-hydroxylation sites is 2. The Hall–Kier alpha value is -10.2. The van der Waals surface area contributed by atoms with E-state index in [9.17, 15) is 0 Å². The van der Waals surface area contributed by atoms with Crippen molar-refractivity contribution in [2.24, 2.45) is 0 Å². The van der Waals surface area contributed by atoms with Gasteiger partial charge in [0.15, 0.2) is 0 Å². The minimum absolute atomic E-state index is 0.963. The highest BCUT2D eigenvalue weighted by Gasteiger charge is 2.18. The summed E-state index contributed by atoms with van der Waals surface area (Å²) in [5.41, 5.74) is 24.9. The van der Waals surface area contributed by atoms with Crippen LogP contribution in [0.5, 0.6) is 0 Å². The first-order valence-corrected chi connectivity index (χ1v) is 27.8. The average Bonchev–Trinajstić information content (AvgIpc) is 3.53. The van der Waals surface area contributed by atoms with E-state index in [-0.39, 0.29) is 0 Å². The topological polar surface area (TPSA) is 13.0 Å². The molecular weight excluding hydrogens is 981 g/mol. The number of benzene rings is 11. The Labute approximate surface area is 479 Å². The highest BCUT2D eigenvalue weighted by Crippen LogP contribution is 2.41. The summed E-state index contributed by atoms with van der Waals surface area (Å²) in [4.78, 5) is 9.24. The second kappa shape index (κ2) is 24.2. The molecule has 0 saturated carbocycles. The third-order valence-electron chi connectivity index (χ3n) is 14.8. The number of allylic oxidation sites excluding steroid dienone is 4. The molecule has 0 aliphatic heterocycles. The third-order valence-corrected chi connectivity index (χ3v) is 14.8. The molecule has 0 aliphatic rings. The van der Waals surface area contributed by atoms with Crippen LogP contribution >= 0.6 is 0 Å². The number of nitrogens with zero attached hydrogens (tertiary/aromatic N) is 4. The van der Waals surface area contributed by atoms with Crippen LogP contribution in [0.2, 0.25) is 0 Å². The maximum atomic E-state index is 4.31. The lowest BCUT2D eigenvalue weighted by molar-refractivity contribution is 1.21. The zero-order valence-electron chi connectivity index (χ0n) is 46.8. The number of anilines is 11. The quantitative estimate of drug-likeness (QED) is 0.0843. The Kier molecular flexibility index (Phi) is 15.8. The van der Waals surface area contributed by atoms with Gasteiger partial charge in [0.05, 0.1) is 0 Å². The lowest BCUT2D eigenvalue weighted by atomic mass is 10.0. The molecule has 0 aromatic heterocycles. The van der Waals surface area contributed by atoms with Crippen LogP contribution in [0.25, 0.3) is 27.8 Å². The maximum absolute atomic E-state index is 4.31. The molecule has 11 aromatic rings. The SMILES string of the molecule is C=C/C(=C\C=C(/C)c1ccc(N(c2cccc(C)c2)c2cccc(C)c2)cc1)N(c1ccccc1)c1ccc(-c2ccc(N(c3ccccc3)c3ccc(-c4ccc(N(c5cccc(C)c5)c5cccc(C)c5)cc4)cc3)cc2)cc1. The summed E-state index contributed by atoms with van der Waals surface area (Å²) in [6.45, 7) is 15.1. The van der Waals surface area contributed by atoms with Crippen molar-refractivity contribution in [3.05, 3.63) is 337 Å². The monoisotopic (exact) mass is 1050 g/mol. The Morgan fingerprint density at radius 1 is 0.284 bits per heavy atom. The van der Waals surface area contributed by atoms with Crippen LogP contribution in [0.1, 0.15) is 34.7 Å². The van der Waals surface area contributed by atoms with Crippen molar-refractivity contribution in [3.63, 3.8) is 0 Å². The first-order chi connectivity index (χ1) is 39.6. The van der Waals surface area contributed by atoms with Gasteiger partial charge in [-0.2, -0.15) is 0 Å². The number of rotatable bonds is 17. The molecule has 0 fully saturated rings. The second-order valence-electron chi connectivity index (χ2n) is 20.7. The Morgan fingerprint density at radius 3 is 0.889 bits per heavy atom. The number of hydrogen-bond acceptors (Lipinski definition) is 4. The van der Waals surface area contributed by atoms with E-state index in [0.29, 0.717) is 0 Å². The average molecular weight is 1050 g/mol. The van der Waals surface area contributed by atoms with Gasteiger partial charge >= 0.3 is 0 Å². The number of hydrogen-bond donors (Lipinski definition) is 0. The summed E-state index contributed by atoms with van der Waals surface area (Å²) in [5, 5.41) is 0. The molecule has 81 heavy (non-hydrogen) atoms. The molecule has 0 N–H and O–H groups in total. The fourth-order valence-corrected chi connectivity index (χ4v) is 10.6. The predicted octanol–water partition coefficient (Wildman–Crippen LogP) is 22.0. The van der Waals surface area contributed by atoms with Crippen LogP contribution in [0.15, 0.2) is 310 Å². The first-order valence-electron chi connectivity index (χ1n) is 27.8. The van der Waals surface area contributed by atoms with Crippen molar-refractivity contribution >= 4 is 68.1 Å². The zero-order chi connectivity index (χ0) is 55.7. The standard InChI is InChI=1S/C77H66N4/c1-7-66(41-30-60(6)61-31-42-72(43-32-61)80(74-26-14-18-56(2)52-74)75-27-15-19-57(3)53-75)78(67-22-10-8-11-23-67)69-44-33-62(34-45-69)63-35-46-70(47-36-63)79(68-24-12-9-13-25-68)71-48-37-64(38-49-71)65-39-50-73(51-40-65)81(76-28-16-20-58(4)54-76)77-29-17-21-59(5)55-77/h7-55H,1H2,2-6H3/b60-30+,66-41+. The fraction of sp³-hybridized carbons (Fsp3) is 0.0649. The summed E-state index contributed by atoms with van der Waals surface area (Å²) in [7, 11) is 0. The molecule has 11 rings (SSSR count). The van der Waals surface area contributed by atoms with Gasteiger partial charge in [-0.1, -0.05) is 158 Å². The van der Waals surface area contributed by atoms with E-state index in [1.54, 1.807) is 0 Å². The molecular formula is C77H66N4. The predicted molar refractivity (Wildman–Crippen MR) is 347 cm³/mol. The van der Waals surface area contributed by atoms with Crippen LogP contribution in [0, 0.1) is 27.7 Å². The highest BCUT2D eigenvalue weighted by molar-refractivity contribution is 5.84. The smallest absolute Gasteiger partial charge is 0.0464 e. The molecule has 0 heterocycles. The van der Waals surface area contributed by atoms with Gasteiger partial charge in [0.1, 0.15) is 0 Å². The Balaban J connectivity index is 0.825. The summed E-state index contributed by atoms with van der Waals surface area (Å²) < 4.78 is 0. The molecule has 4 nitrogen and oxygen atoms in total. The molecule has 0 radical (unpaired) electrons. The Morgan fingerprint density at radius 2 is 0.556 bits per heavy atom. The Bertz CT molecular complexity index is 3880. The normalized spacial score (nSPS) is 11.5. The van der Waals surface area contributed by atoms with Gasteiger partial charge in [-0.05, 0) is 236 Å². The van der Waals surface area contributed by atoms with E-state index in [1.807, 2.05) is 6.08 Å². The van der Waals surface area contributed by atoms with Gasteiger partial charge in [0.25, 0.3) is 0 Å². The minimum atomic E-state index is 0.963. The van der Waals surface area contributed by atoms with Crippen LogP contribution in [-0.2, 0) is 0 Å². The molecule has 0 saturated heterocycles. The van der Waals surface area contributed by atoms with Crippen LogP contribution < -0.4 is 19.6 Å². The molecule has 0 unspecified atom stereocenters. The second-order valence-corrected chi connectivity index (χ2v) is 20.7. The molecule has 0 aliphatic carbocycles. The van der Waals surface area contributed by atoms with E-state index < -0.39 is 0 Å². The molecule has 394 valence electrons. The van der Waals surface area contributed by atoms with Crippen LogP contribution in [-0.4, -0.2) is 0 Å². The van der Waals surface area contributed by atoms with Crippen LogP contribution in [0.4, 0.5) is 62.6 Å². The zero-order valence-corrected chi connectivity index (χ0v) is 46.8. The van der Waals surface area contributed by atoms with Crippen molar-refractivity contribution in [3.8, 4) is 22.3 Å². The molecule has 0 amide bonds. The molecule has 0 spiro atoms. The van der Waals surface area contributed by atoms with E-state index in [0.717, 1.165) is 102 Å². The van der Waals surface area contributed by atoms with Crippen molar-refractivity contribution in [1.29, 1.82) is 0 Å². The van der Waals surface area contributed by atoms with Gasteiger partial charge in [-0.3, -0.25) is 0 Å². The maximum Gasteiger partial charge on any atom is 0.0464 e. The minimum Gasteiger partial charge on any atom is -0.311 e. The van der Waals surface area contributed by atoms with Crippen molar-refractivity contribution in [1.82, 2.24) is 0 Å². The summed E-state index contributed by atoms with van der Waals surface area (Å²) >= 11 is 0. The van der Waals surface area contributed by atoms with Crippen molar-refractivity contribution in [2.75, 3.05) is 19.6 Å². The van der Waals surface area contributed by atoms with Gasteiger partial charge in [-0.15, -0.1) is 0 Å². The largest absolute Gasteiger partial charge is 0.311 e. The molecule has 4 heteroatoms. The molecule has 0 atom stereocenters. The van der Waals surface area contributed by atoms with Gasteiger partial charge in [0, 0.05) is 68.3 Å². The van der Waals surface area contributed by atoms with Crippen LogP contribution in [0.3, 0.4) is 0 Å². The lowest BCUT2D eigenvalue weighted by Crippen LogP contribution is -2.14. The summed E-state index contributed by atoms with van der Waals surface area (Å²) in [5.74, 6) is 0. The lowest BCUT2D eigenvalue weighted by Gasteiger charge is -2.27. The van der Waals surface area contributed by atoms with E-state index >= 15 is 0 Å². The molecule has 11 aromatic carbocycles. The summed E-state index contributed by atoms with van der Waals surface area (Å²) in [6.07, 6.45) is 6.29. The van der Waals surface area contributed by atoms with Crippen molar-refractivity contribution in [2.45, 2.75) is 34.6 Å². The van der Waals surface area contributed by atoms with Gasteiger partial charge in [0.2, 0.25) is 0 Å². The van der Waals surface area contributed by atoms with Gasteiger partial charge < -0.3 is 19.6 Å². The van der Waals surface area contributed by atoms with Crippen molar-refractivity contribution < 1.29 is 0 Å². The van der Waals surface area contributed by atoms with E-state index in [4.69, 9.17) is 0 Å². The highest BCUT2D eigenvalue weighted by atomic mass is 15.2. The van der Waals surface area contributed by atoms with E-state index in [1.165, 1.54) is 22.3 Å². The molecule has 0 bridgehead atoms. The summed E-state index contributed by atoms with van der Waals surface area (Å²) in [6, 6.07) is 100. The number of aryl methyl sites for hydroxylation is 4. The fourth-order valence-electron chi connectivity index (χ4n) is 10.6.